The highest BCUT2D eigenvalue weighted by molar-refractivity contribution is 5.81. The zero-order chi connectivity index (χ0) is 9.07. The summed E-state index contributed by atoms with van der Waals surface area (Å²) < 4.78 is 0. The van der Waals surface area contributed by atoms with E-state index >= 15 is 0 Å². The van der Waals surface area contributed by atoms with Gasteiger partial charge in [0, 0.05) is 0 Å². The van der Waals surface area contributed by atoms with Gasteiger partial charge in [0.15, 0.2) is 6.07 Å². The van der Waals surface area contributed by atoms with Gasteiger partial charge < -0.3 is 0 Å². The lowest BCUT2D eigenvalue weighted by Gasteiger charge is -2.06. The molecule has 0 amide bonds. The van der Waals surface area contributed by atoms with Crippen LogP contribution >= 0.6 is 0 Å². The molecule has 60 valence electrons. The number of rotatable bonds is 2. The van der Waals surface area contributed by atoms with Crippen LogP contribution in [0, 0.1) is 21.4 Å². The summed E-state index contributed by atoms with van der Waals surface area (Å²) >= 11 is 0. The molecule has 1 unspecified atom stereocenters. The van der Waals surface area contributed by atoms with Crippen molar-refractivity contribution in [3.05, 3.63) is 10.1 Å². The molecule has 3 N–H and O–H groups in total. The smallest absolute Gasteiger partial charge is 0.290 e. The van der Waals surface area contributed by atoms with Crippen LogP contribution in [0.1, 0.15) is 0 Å². The van der Waals surface area contributed by atoms with Gasteiger partial charge in [-0.1, -0.05) is 0 Å². The molecule has 8 nitrogen and oxygen atoms in total. The first kappa shape index (κ1) is 9.28. The summed E-state index contributed by atoms with van der Waals surface area (Å²) in [4.78, 5) is 21.7. The van der Waals surface area contributed by atoms with Crippen LogP contribution in [0.5, 0.6) is 0 Å². The maximum Gasteiger partial charge on any atom is 0.457 e. The van der Waals surface area contributed by atoms with Crippen molar-refractivity contribution in [2.75, 3.05) is 0 Å². The normalized spacial score (nSPS) is 14.3. The highest BCUT2D eigenvalue weighted by atomic mass is 17.1. The summed E-state index contributed by atoms with van der Waals surface area (Å²) in [5, 5.41) is 25.6. The topological polar surface area (TPSA) is 139 Å². The highest BCUT2D eigenvalue weighted by Gasteiger charge is 2.50. The Bertz CT molecular complexity index is 232. The molecule has 8 heteroatoms. The molecule has 0 bridgehead atoms. The van der Waals surface area contributed by atoms with Crippen LogP contribution in [0.2, 0.25) is 0 Å². The van der Waals surface area contributed by atoms with Crippen molar-refractivity contribution in [1.82, 2.24) is 0 Å². The molecule has 0 saturated carbocycles. The van der Waals surface area contributed by atoms with Crippen molar-refractivity contribution < 1.29 is 19.9 Å². The van der Waals surface area contributed by atoms with Crippen LogP contribution in [0.15, 0.2) is 0 Å². The third-order valence-electron chi connectivity index (χ3n) is 0.853. The minimum absolute atomic E-state index is 0.873. The number of nitrogens with two attached hydrogens (primary N) is 1. The summed E-state index contributed by atoms with van der Waals surface area (Å²) in [6.45, 7) is 0. The molecule has 0 spiro atoms. The quantitative estimate of drug-likeness (QED) is 0.216. The summed E-state index contributed by atoms with van der Waals surface area (Å²) in [7, 11) is 0. The van der Waals surface area contributed by atoms with Gasteiger partial charge in [-0.3, -0.25) is 15.0 Å². The van der Waals surface area contributed by atoms with Crippen molar-refractivity contribution in [1.29, 1.82) is 5.26 Å². The third-order valence-corrected chi connectivity index (χ3v) is 0.853. The van der Waals surface area contributed by atoms with Gasteiger partial charge in [0.25, 0.3) is 0 Å². The monoisotopic (exact) mass is 161 g/mol. The van der Waals surface area contributed by atoms with Crippen LogP contribution in [0.3, 0.4) is 0 Å². The first-order valence-electron chi connectivity index (χ1n) is 2.19. The lowest BCUT2D eigenvalue weighted by atomic mass is 10.2. The molecule has 0 aromatic carbocycles. The number of carbonyl (C=O) groups is 1. The van der Waals surface area contributed by atoms with E-state index in [9.17, 15) is 14.9 Å². The van der Waals surface area contributed by atoms with E-state index in [0.29, 0.717) is 0 Å². The van der Waals surface area contributed by atoms with Gasteiger partial charge in [-0.25, -0.2) is 10.5 Å². The molecule has 0 fully saturated rings. The Morgan fingerprint density at radius 3 is 2.45 bits per heavy atom. The summed E-state index contributed by atoms with van der Waals surface area (Å²) in [5.41, 5.74) is 1.57. The lowest BCUT2D eigenvalue weighted by molar-refractivity contribution is -0.540. The molecule has 0 radical (unpaired) electrons. The predicted octanol–water partition coefficient (Wildman–Crippen LogP) is -1.54. The van der Waals surface area contributed by atoms with Crippen LogP contribution in [-0.4, -0.2) is 21.8 Å². The lowest BCUT2D eigenvalue weighted by Crippen LogP contribution is -2.54. The molecule has 0 aliphatic heterocycles. The van der Waals surface area contributed by atoms with E-state index in [0.717, 1.165) is 6.07 Å². The number of carbonyl (C=O) groups excluding carboxylic acids is 1. The Balaban J connectivity index is 4.79. The molecule has 0 aliphatic carbocycles. The average Bonchev–Trinajstić information content (AvgIpc) is 2.01. The maximum atomic E-state index is 10.2. The molecule has 0 saturated heterocycles. The maximum absolute atomic E-state index is 10.2. The van der Waals surface area contributed by atoms with Gasteiger partial charge in [0.05, 0.1) is 4.92 Å². The minimum atomic E-state index is -3.03. The summed E-state index contributed by atoms with van der Waals surface area (Å²) in [6, 6.07) is 0.873. The van der Waals surface area contributed by atoms with Crippen molar-refractivity contribution >= 4 is 5.97 Å². The standard InChI is InChI=1S/C3H3N3O5/c4-1-3(5,6(8)9)2(7)11-10/h10H,5H2. The number of hydrogen-bond donors (Lipinski definition) is 2. The van der Waals surface area contributed by atoms with E-state index in [2.05, 4.69) is 10.6 Å². The third kappa shape index (κ3) is 1.40. The Hall–Kier alpha value is -1.72. The van der Waals surface area contributed by atoms with Gasteiger partial charge in [-0.2, -0.15) is 10.5 Å². The largest absolute Gasteiger partial charge is 0.457 e. The number of nitro groups is 1. The first-order chi connectivity index (χ1) is 4.99. The summed E-state index contributed by atoms with van der Waals surface area (Å²) in [6.07, 6.45) is 0. The molecule has 1 atom stereocenters. The number of nitrogens with zero attached hydrogens (tertiary/aromatic N) is 2. The second kappa shape index (κ2) is 2.91. The molecule has 0 aromatic rings. The van der Waals surface area contributed by atoms with E-state index in [1.54, 1.807) is 0 Å². The van der Waals surface area contributed by atoms with Gasteiger partial charge in [-0.05, 0) is 0 Å². The second-order valence-corrected chi connectivity index (χ2v) is 1.51. The Morgan fingerprint density at radius 2 is 2.36 bits per heavy atom. The molecule has 11 heavy (non-hydrogen) atoms. The van der Waals surface area contributed by atoms with Crippen molar-refractivity contribution in [3.8, 4) is 6.07 Å². The fourth-order valence-electron chi connectivity index (χ4n) is 0.231. The highest BCUT2D eigenvalue weighted by Crippen LogP contribution is 2.01. The van der Waals surface area contributed by atoms with Crippen molar-refractivity contribution in [2.45, 2.75) is 5.66 Å². The molecular formula is C3H3N3O5. The van der Waals surface area contributed by atoms with E-state index in [4.69, 9.17) is 10.5 Å². The molecule has 0 heterocycles. The summed E-state index contributed by atoms with van der Waals surface area (Å²) in [5.74, 6) is -1.83. The SMILES string of the molecule is N#CC(N)(C(=O)OO)[N+](=O)[O-]. The minimum Gasteiger partial charge on any atom is -0.290 e. The van der Waals surface area contributed by atoms with Crippen LogP contribution in [0.4, 0.5) is 0 Å². The second-order valence-electron chi connectivity index (χ2n) is 1.51. The number of hydrogen-bond acceptors (Lipinski definition) is 7. The molecule has 0 aromatic heterocycles. The molecule has 0 rings (SSSR count). The van der Waals surface area contributed by atoms with Crippen molar-refractivity contribution in [2.24, 2.45) is 5.73 Å². The fraction of sp³-hybridized carbons (Fsp3) is 0.333. The molecule has 0 aliphatic rings. The van der Waals surface area contributed by atoms with Crippen LogP contribution in [-0.2, 0) is 9.68 Å². The van der Waals surface area contributed by atoms with E-state index in [1.807, 2.05) is 0 Å². The van der Waals surface area contributed by atoms with Gasteiger partial charge >= 0.3 is 11.6 Å². The van der Waals surface area contributed by atoms with E-state index in [-0.39, 0.29) is 0 Å². The zero-order valence-corrected chi connectivity index (χ0v) is 5.05. The van der Waals surface area contributed by atoms with Crippen LogP contribution in [0.25, 0.3) is 0 Å². The predicted molar refractivity (Wildman–Crippen MR) is 28.2 cm³/mol. The zero-order valence-electron chi connectivity index (χ0n) is 5.05. The Labute approximate surface area is 59.9 Å². The first-order valence-corrected chi connectivity index (χ1v) is 2.19. The van der Waals surface area contributed by atoms with Gasteiger partial charge in [-0.15, -0.1) is 0 Å². The van der Waals surface area contributed by atoms with E-state index in [1.165, 1.54) is 0 Å². The van der Waals surface area contributed by atoms with Crippen molar-refractivity contribution in [3.63, 3.8) is 0 Å². The fourth-order valence-corrected chi connectivity index (χ4v) is 0.231. The molecular weight excluding hydrogens is 158 g/mol. The number of nitriles is 1. The Morgan fingerprint density at radius 1 is 1.91 bits per heavy atom. The van der Waals surface area contributed by atoms with Crippen LogP contribution < -0.4 is 5.73 Å². The van der Waals surface area contributed by atoms with E-state index < -0.39 is 16.6 Å². The van der Waals surface area contributed by atoms with Gasteiger partial charge in [0.1, 0.15) is 0 Å². The van der Waals surface area contributed by atoms with Gasteiger partial charge in [0.2, 0.25) is 0 Å². The Kier molecular flexibility index (Phi) is 2.46. The average molecular weight is 161 g/mol.